The van der Waals surface area contributed by atoms with Crippen LogP contribution in [-0.2, 0) is 11.2 Å². The smallest absolute Gasteiger partial charge is 0.158 e. The number of anilines is 1. The Bertz CT molecular complexity index is 872. The van der Waals surface area contributed by atoms with Gasteiger partial charge < -0.3 is 20.4 Å². The fraction of sp³-hybridized carbons (Fsp3) is 0.542. The molecule has 3 N–H and O–H groups in total. The number of nitrogens with zero attached hydrogens (tertiary/aromatic N) is 2. The molecule has 6 heteroatoms. The molecule has 30 heavy (non-hydrogen) atoms. The third-order valence-electron chi connectivity index (χ3n) is 6.36. The lowest BCUT2D eigenvalue weighted by molar-refractivity contribution is -0.125. The maximum atomic E-state index is 13.2. The van der Waals surface area contributed by atoms with Crippen molar-refractivity contribution in [2.75, 3.05) is 37.6 Å². The van der Waals surface area contributed by atoms with E-state index in [-0.39, 0.29) is 18.0 Å². The van der Waals surface area contributed by atoms with Crippen molar-refractivity contribution in [1.29, 1.82) is 0 Å². The lowest BCUT2D eigenvalue weighted by Gasteiger charge is -2.41. The molecule has 0 amide bonds. The fourth-order valence-electron chi connectivity index (χ4n) is 4.71. The van der Waals surface area contributed by atoms with Crippen LogP contribution in [-0.4, -0.2) is 49.4 Å². The predicted octanol–water partition coefficient (Wildman–Crippen LogP) is 2.93. The first-order valence-corrected chi connectivity index (χ1v) is 11.2. The molecule has 1 aromatic carbocycles. The second kappa shape index (κ2) is 9.33. The second-order valence-corrected chi connectivity index (χ2v) is 8.67. The minimum Gasteiger partial charge on any atom is -0.466 e. The lowest BCUT2D eigenvalue weighted by Crippen LogP contribution is -2.58. The molecule has 1 aromatic heterocycles. The topological polar surface area (TPSA) is 74.7 Å². The molecule has 4 rings (SSSR count). The van der Waals surface area contributed by atoms with Gasteiger partial charge in [0.1, 0.15) is 11.5 Å². The lowest BCUT2D eigenvalue weighted by atomic mass is 9.99. The number of nitrogens with one attached hydrogen (secondary N) is 1. The molecule has 0 saturated carbocycles. The summed E-state index contributed by atoms with van der Waals surface area (Å²) in [7, 11) is 0. The summed E-state index contributed by atoms with van der Waals surface area (Å²) >= 11 is 0. The number of carbonyl (C=O) groups is 1. The van der Waals surface area contributed by atoms with Crippen LogP contribution < -0.4 is 16.0 Å². The van der Waals surface area contributed by atoms with Crippen LogP contribution in [0.15, 0.2) is 34.7 Å². The van der Waals surface area contributed by atoms with E-state index in [0.29, 0.717) is 13.0 Å². The van der Waals surface area contributed by atoms with Gasteiger partial charge in [-0.15, -0.1) is 0 Å². The summed E-state index contributed by atoms with van der Waals surface area (Å²) in [5, 5.41) is 3.37. The number of Topliss-reactive ketones (excluding diaryl/α,β-unsaturated/α-hetero) is 1. The summed E-state index contributed by atoms with van der Waals surface area (Å²) in [6, 6.07) is 10.1. The van der Waals surface area contributed by atoms with Crippen molar-refractivity contribution < 1.29 is 9.21 Å². The van der Waals surface area contributed by atoms with E-state index in [1.807, 2.05) is 19.1 Å². The molecule has 2 saturated heterocycles. The van der Waals surface area contributed by atoms with Crippen LogP contribution >= 0.6 is 0 Å². The van der Waals surface area contributed by atoms with Gasteiger partial charge in [-0.3, -0.25) is 9.69 Å². The molecule has 2 unspecified atom stereocenters. The molecule has 2 aliphatic rings. The maximum Gasteiger partial charge on any atom is 0.158 e. The number of benzene rings is 1. The van der Waals surface area contributed by atoms with Gasteiger partial charge in [0.15, 0.2) is 5.78 Å². The molecule has 2 atom stereocenters. The Balaban J connectivity index is 1.57. The summed E-state index contributed by atoms with van der Waals surface area (Å²) in [5.41, 5.74) is 10.4. The Hall–Kier alpha value is -2.15. The van der Waals surface area contributed by atoms with E-state index in [4.69, 9.17) is 10.2 Å². The number of hydrogen-bond donors (Lipinski definition) is 2. The third-order valence-corrected chi connectivity index (χ3v) is 6.36. The van der Waals surface area contributed by atoms with E-state index in [9.17, 15) is 4.79 Å². The van der Waals surface area contributed by atoms with Gasteiger partial charge in [0.25, 0.3) is 0 Å². The number of aryl methyl sites for hydroxylation is 2. The van der Waals surface area contributed by atoms with Crippen LogP contribution in [0.4, 0.5) is 5.69 Å². The molecule has 0 aliphatic carbocycles. The highest BCUT2D eigenvalue weighted by Gasteiger charge is 2.34. The standard InChI is InChI=1S/C24H34N4O2/c1-17-6-9-20(21(14-17)27-11-4-3-5-12-27)24(25)28-13-10-26-16-22(28)23(29)15-19-8-7-18(2)30-19/h6-9,14,22,24,26H,3-5,10-13,15-16,25H2,1-2H3. The molecule has 0 bridgehead atoms. The number of carbonyl (C=O) groups excluding carboxylic acids is 1. The van der Waals surface area contributed by atoms with Gasteiger partial charge in [-0.1, -0.05) is 12.1 Å². The Morgan fingerprint density at radius 1 is 1.17 bits per heavy atom. The number of nitrogens with two attached hydrogens (primary N) is 1. The highest BCUT2D eigenvalue weighted by atomic mass is 16.3. The highest BCUT2D eigenvalue weighted by molar-refractivity contribution is 5.86. The van der Waals surface area contributed by atoms with E-state index in [1.54, 1.807) is 0 Å². The van der Waals surface area contributed by atoms with E-state index < -0.39 is 0 Å². The van der Waals surface area contributed by atoms with Crippen molar-refractivity contribution in [2.24, 2.45) is 5.73 Å². The van der Waals surface area contributed by atoms with Gasteiger partial charge >= 0.3 is 0 Å². The number of furan rings is 1. The van der Waals surface area contributed by atoms with Gasteiger partial charge in [0.05, 0.1) is 18.6 Å². The molecule has 2 aromatic rings. The Morgan fingerprint density at radius 3 is 2.70 bits per heavy atom. The molecule has 0 radical (unpaired) electrons. The van der Waals surface area contributed by atoms with Crippen molar-refractivity contribution in [3.05, 3.63) is 53.0 Å². The van der Waals surface area contributed by atoms with Gasteiger partial charge in [-0.25, -0.2) is 0 Å². The summed E-state index contributed by atoms with van der Waals surface area (Å²) in [4.78, 5) is 17.8. The number of piperazine rings is 1. The number of hydrogen-bond acceptors (Lipinski definition) is 6. The second-order valence-electron chi connectivity index (χ2n) is 8.67. The molecule has 2 fully saturated rings. The summed E-state index contributed by atoms with van der Waals surface area (Å²) < 4.78 is 5.64. The summed E-state index contributed by atoms with van der Waals surface area (Å²) in [6.07, 6.45) is 3.73. The zero-order chi connectivity index (χ0) is 21.1. The fourth-order valence-corrected chi connectivity index (χ4v) is 4.71. The van der Waals surface area contributed by atoms with Gasteiger partial charge in [0.2, 0.25) is 0 Å². The Morgan fingerprint density at radius 2 is 1.97 bits per heavy atom. The highest BCUT2D eigenvalue weighted by Crippen LogP contribution is 2.32. The van der Waals surface area contributed by atoms with Gasteiger partial charge in [0, 0.05) is 44.0 Å². The molecule has 3 heterocycles. The van der Waals surface area contributed by atoms with Crippen LogP contribution in [0.5, 0.6) is 0 Å². The Kier molecular flexibility index (Phi) is 6.56. The average Bonchev–Trinajstić information content (AvgIpc) is 3.18. The van der Waals surface area contributed by atoms with E-state index in [1.165, 1.54) is 30.5 Å². The number of rotatable bonds is 6. The first-order valence-electron chi connectivity index (χ1n) is 11.2. The van der Waals surface area contributed by atoms with Crippen molar-refractivity contribution in [2.45, 2.75) is 51.7 Å². The Labute approximate surface area is 179 Å². The zero-order valence-electron chi connectivity index (χ0n) is 18.2. The molecular weight excluding hydrogens is 376 g/mol. The van der Waals surface area contributed by atoms with Gasteiger partial charge in [-0.2, -0.15) is 0 Å². The van der Waals surface area contributed by atoms with Crippen LogP contribution in [0.3, 0.4) is 0 Å². The van der Waals surface area contributed by atoms with Crippen molar-refractivity contribution >= 4 is 11.5 Å². The quantitative estimate of drug-likeness (QED) is 0.763. The number of ketones is 1. The van der Waals surface area contributed by atoms with Crippen molar-refractivity contribution in [1.82, 2.24) is 10.2 Å². The molecule has 162 valence electrons. The zero-order valence-corrected chi connectivity index (χ0v) is 18.2. The monoisotopic (exact) mass is 410 g/mol. The average molecular weight is 411 g/mol. The first-order chi connectivity index (χ1) is 14.5. The van der Waals surface area contributed by atoms with Crippen LogP contribution in [0, 0.1) is 13.8 Å². The van der Waals surface area contributed by atoms with Gasteiger partial charge in [-0.05, 0) is 56.9 Å². The van der Waals surface area contributed by atoms with E-state index in [0.717, 1.165) is 43.3 Å². The molecule has 6 nitrogen and oxygen atoms in total. The third kappa shape index (κ3) is 4.61. The predicted molar refractivity (Wildman–Crippen MR) is 120 cm³/mol. The van der Waals surface area contributed by atoms with Crippen LogP contribution in [0.1, 0.15) is 48.1 Å². The number of piperidine rings is 1. The summed E-state index contributed by atoms with van der Waals surface area (Å²) in [5.74, 6) is 1.71. The first kappa shape index (κ1) is 21.1. The summed E-state index contributed by atoms with van der Waals surface area (Å²) in [6.45, 7) is 8.39. The SMILES string of the molecule is Cc1ccc(C(N)N2CCNCC2C(=O)Cc2ccc(C)o2)c(N2CCCCC2)c1. The van der Waals surface area contributed by atoms with Crippen LogP contribution in [0.25, 0.3) is 0 Å². The maximum absolute atomic E-state index is 13.2. The van der Waals surface area contributed by atoms with Crippen molar-refractivity contribution in [3.8, 4) is 0 Å². The van der Waals surface area contributed by atoms with E-state index >= 15 is 0 Å². The molecule has 0 spiro atoms. The largest absolute Gasteiger partial charge is 0.466 e. The molecular formula is C24H34N4O2. The van der Waals surface area contributed by atoms with Crippen LogP contribution in [0.2, 0.25) is 0 Å². The van der Waals surface area contributed by atoms with Crippen molar-refractivity contribution in [3.63, 3.8) is 0 Å². The van der Waals surface area contributed by atoms with E-state index in [2.05, 4.69) is 40.2 Å². The normalized spacial score (nSPS) is 21.6. The molecule has 2 aliphatic heterocycles. The minimum absolute atomic E-state index is 0.152. The minimum atomic E-state index is -0.308.